The van der Waals surface area contributed by atoms with Crippen molar-refractivity contribution in [2.24, 2.45) is 5.73 Å². The number of non-ortho nitro benzene ring substituents is 1. The number of nitro groups is 1. The molecule has 0 heterocycles. The van der Waals surface area contributed by atoms with Gasteiger partial charge in [0.2, 0.25) is 0 Å². The molecule has 19 heavy (non-hydrogen) atoms. The Balaban J connectivity index is 2.32. The average molecular weight is 267 g/mol. The Labute approximate surface area is 110 Å². The molecule has 1 amide bonds. The number of nitrogens with one attached hydrogen (secondary N) is 1. The van der Waals surface area contributed by atoms with E-state index in [2.05, 4.69) is 5.32 Å². The molecular weight excluding hydrogens is 250 g/mol. The van der Waals surface area contributed by atoms with Gasteiger partial charge < -0.3 is 15.8 Å². The van der Waals surface area contributed by atoms with Gasteiger partial charge in [0.15, 0.2) is 6.61 Å². The van der Waals surface area contributed by atoms with E-state index >= 15 is 0 Å². The number of nitrogens with two attached hydrogens (primary N) is 1. The van der Waals surface area contributed by atoms with Gasteiger partial charge in [0.25, 0.3) is 11.6 Å². The van der Waals surface area contributed by atoms with E-state index in [1.807, 2.05) is 6.92 Å². The van der Waals surface area contributed by atoms with Crippen LogP contribution in [0.5, 0.6) is 5.75 Å². The first-order valence-electron chi connectivity index (χ1n) is 5.88. The Morgan fingerprint density at radius 2 is 2.11 bits per heavy atom. The molecule has 1 atom stereocenters. The van der Waals surface area contributed by atoms with Gasteiger partial charge in [-0.2, -0.15) is 0 Å². The molecule has 0 radical (unpaired) electrons. The minimum absolute atomic E-state index is 0.0197. The third-order valence-corrected chi connectivity index (χ3v) is 2.34. The van der Waals surface area contributed by atoms with E-state index in [-0.39, 0.29) is 24.2 Å². The van der Waals surface area contributed by atoms with Gasteiger partial charge >= 0.3 is 0 Å². The number of carbonyl (C=O) groups is 1. The summed E-state index contributed by atoms with van der Waals surface area (Å²) in [5, 5.41) is 13.1. The van der Waals surface area contributed by atoms with Crippen molar-refractivity contribution < 1.29 is 14.5 Å². The Morgan fingerprint density at radius 3 is 2.63 bits per heavy atom. The smallest absolute Gasteiger partial charge is 0.269 e. The lowest BCUT2D eigenvalue weighted by molar-refractivity contribution is -0.384. The number of nitrogens with zero attached hydrogens (tertiary/aromatic N) is 1. The van der Waals surface area contributed by atoms with Crippen LogP contribution in [0.4, 0.5) is 5.69 Å². The van der Waals surface area contributed by atoms with Crippen LogP contribution in [0, 0.1) is 10.1 Å². The van der Waals surface area contributed by atoms with Gasteiger partial charge in [0, 0.05) is 24.7 Å². The molecule has 0 saturated heterocycles. The monoisotopic (exact) mass is 267 g/mol. The molecule has 0 aromatic heterocycles. The second kappa shape index (κ2) is 7.32. The number of hydrogen-bond donors (Lipinski definition) is 2. The summed E-state index contributed by atoms with van der Waals surface area (Å²) >= 11 is 0. The number of carbonyl (C=O) groups excluding carboxylic acids is 1. The quantitative estimate of drug-likeness (QED) is 0.562. The number of amides is 1. The number of ether oxygens (including phenoxy) is 1. The van der Waals surface area contributed by atoms with E-state index in [0.29, 0.717) is 18.7 Å². The SMILES string of the molecule is CC(N)CCNC(=O)COc1ccc([N+](=O)[O-])cc1. The highest BCUT2D eigenvalue weighted by molar-refractivity contribution is 5.77. The van der Waals surface area contributed by atoms with Crippen LogP contribution in [0.2, 0.25) is 0 Å². The third-order valence-electron chi connectivity index (χ3n) is 2.34. The van der Waals surface area contributed by atoms with E-state index in [4.69, 9.17) is 10.5 Å². The van der Waals surface area contributed by atoms with Crippen LogP contribution >= 0.6 is 0 Å². The van der Waals surface area contributed by atoms with Gasteiger partial charge in [0.1, 0.15) is 5.75 Å². The van der Waals surface area contributed by atoms with Gasteiger partial charge in [-0.25, -0.2) is 0 Å². The molecule has 104 valence electrons. The van der Waals surface area contributed by atoms with Gasteiger partial charge in [-0.1, -0.05) is 0 Å². The fourth-order valence-corrected chi connectivity index (χ4v) is 1.30. The minimum atomic E-state index is -0.496. The van der Waals surface area contributed by atoms with Crippen LogP contribution in [0.15, 0.2) is 24.3 Å². The maximum absolute atomic E-state index is 11.4. The molecule has 3 N–H and O–H groups in total. The molecule has 0 aliphatic heterocycles. The van der Waals surface area contributed by atoms with E-state index in [1.165, 1.54) is 24.3 Å². The van der Waals surface area contributed by atoms with E-state index in [0.717, 1.165) is 0 Å². The second-order valence-corrected chi connectivity index (χ2v) is 4.16. The van der Waals surface area contributed by atoms with Crippen LogP contribution in [0.3, 0.4) is 0 Å². The highest BCUT2D eigenvalue weighted by atomic mass is 16.6. The zero-order valence-corrected chi connectivity index (χ0v) is 10.7. The number of hydrogen-bond acceptors (Lipinski definition) is 5. The van der Waals surface area contributed by atoms with Gasteiger partial charge in [-0.05, 0) is 25.5 Å². The molecule has 0 saturated carbocycles. The maximum atomic E-state index is 11.4. The molecule has 7 nitrogen and oxygen atoms in total. The molecule has 0 aliphatic rings. The van der Waals surface area contributed by atoms with Crippen molar-refractivity contribution in [3.8, 4) is 5.75 Å². The van der Waals surface area contributed by atoms with Crippen LogP contribution in [0.1, 0.15) is 13.3 Å². The second-order valence-electron chi connectivity index (χ2n) is 4.16. The fraction of sp³-hybridized carbons (Fsp3) is 0.417. The molecule has 1 aromatic rings. The molecule has 0 aliphatic carbocycles. The molecule has 0 fully saturated rings. The summed E-state index contributed by atoms with van der Waals surface area (Å²) in [5.41, 5.74) is 5.52. The van der Waals surface area contributed by atoms with E-state index < -0.39 is 4.92 Å². The van der Waals surface area contributed by atoms with Crippen molar-refractivity contribution in [3.63, 3.8) is 0 Å². The topological polar surface area (TPSA) is 107 Å². The first-order valence-corrected chi connectivity index (χ1v) is 5.88. The molecule has 1 unspecified atom stereocenters. The zero-order chi connectivity index (χ0) is 14.3. The van der Waals surface area contributed by atoms with Crippen molar-refractivity contribution in [3.05, 3.63) is 34.4 Å². The first kappa shape index (κ1) is 14.9. The molecule has 7 heteroatoms. The van der Waals surface area contributed by atoms with Gasteiger partial charge in [-0.15, -0.1) is 0 Å². The first-order chi connectivity index (χ1) is 8.99. The molecule has 1 aromatic carbocycles. The summed E-state index contributed by atoms with van der Waals surface area (Å²) in [5.74, 6) is 0.159. The van der Waals surface area contributed by atoms with Crippen LogP contribution in [-0.2, 0) is 4.79 Å². The summed E-state index contributed by atoms with van der Waals surface area (Å²) < 4.78 is 5.19. The summed E-state index contributed by atoms with van der Waals surface area (Å²) in [4.78, 5) is 21.3. The number of nitro benzene ring substituents is 1. The number of rotatable bonds is 7. The Hall–Kier alpha value is -2.15. The molecule has 0 spiro atoms. The third kappa shape index (κ3) is 5.82. The van der Waals surface area contributed by atoms with Crippen molar-refractivity contribution in [1.82, 2.24) is 5.32 Å². The number of benzene rings is 1. The predicted molar refractivity (Wildman–Crippen MR) is 69.9 cm³/mol. The summed E-state index contributed by atoms with van der Waals surface area (Å²) in [6.45, 7) is 2.23. The maximum Gasteiger partial charge on any atom is 0.269 e. The van der Waals surface area contributed by atoms with Gasteiger partial charge in [-0.3, -0.25) is 14.9 Å². The Bertz CT molecular complexity index is 431. The van der Waals surface area contributed by atoms with Crippen molar-refractivity contribution in [1.29, 1.82) is 0 Å². The van der Waals surface area contributed by atoms with Crippen LogP contribution < -0.4 is 15.8 Å². The zero-order valence-electron chi connectivity index (χ0n) is 10.7. The largest absolute Gasteiger partial charge is 0.484 e. The van der Waals surface area contributed by atoms with E-state index in [1.54, 1.807) is 0 Å². The lowest BCUT2D eigenvalue weighted by atomic mass is 10.2. The normalized spacial score (nSPS) is 11.7. The molecule has 1 rings (SSSR count). The highest BCUT2D eigenvalue weighted by Gasteiger charge is 2.06. The lowest BCUT2D eigenvalue weighted by Gasteiger charge is -2.08. The van der Waals surface area contributed by atoms with Crippen molar-refractivity contribution in [2.75, 3.05) is 13.2 Å². The van der Waals surface area contributed by atoms with E-state index in [9.17, 15) is 14.9 Å². The summed E-state index contributed by atoms with van der Waals surface area (Å²) in [6.07, 6.45) is 0.698. The average Bonchev–Trinajstić information content (AvgIpc) is 2.36. The summed E-state index contributed by atoms with van der Waals surface area (Å²) in [7, 11) is 0. The molecule has 0 bridgehead atoms. The Kier molecular flexibility index (Phi) is 5.74. The summed E-state index contributed by atoms with van der Waals surface area (Å²) in [6, 6.07) is 5.59. The van der Waals surface area contributed by atoms with Crippen molar-refractivity contribution in [2.45, 2.75) is 19.4 Å². The highest BCUT2D eigenvalue weighted by Crippen LogP contribution is 2.16. The van der Waals surface area contributed by atoms with Crippen LogP contribution in [-0.4, -0.2) is 30.0 Å². The minimum Gasteiger partial charge on any atom is -0.484 e. The molecular formula is C12H17N3O4. The van der Waals surface area contributed by atoms with Gasteiger partial charge in [0.05, 0.1) is 4.92 Å². The standard InChI is InChI=1S/C12H17N3O4/c1-9(13)6-7-14-12(16)8-19-11-4-2-10(3-5-11)15(17)18/h2-5,9H,6-8,13H2,1H3,(H,14,16). The fourth-order valence-electron chi connectivity index (χ4n) is 1.30. The Morgan fingerprint density at radius 1 is 1.47 bits per heavy atom. The lowest BCUT2D eigenvalue weighted by Crippen LogP contribution is -2.32. The predicted octanol–water partition coefficient (Wildman–Crippen LogP) is 0.827. The van der Waals surface area contributed by atoms with Crippen LogP contribution in [0.25, 0.3) is 0 Å². The van der Waals surface area contributed by atoms with Crippen molar-refractivity contribution >= 4 is 11.6 Å².